The first-order chi connectivity index (χ1) is 25.6. The van der Waals surface area contributed by atoms with Gasteiger partial charge in [-0.05, 0) is 44.9 Å². The number of ether oxygens (including phenoxy) is 2. The Hall–Kier alpha value is -1.02. The van der Waals surface area contributed by atoms with Gasteiger partial charge in [0.05, 0.1) is 34.4 Å². The first kappa shape index (κ1) is 52.0. The molecule has 0 aromatic carbocycles. The molecule has 9 heteroatoms. The number of quaternary nitrogens is 1. The molecule has 0 fully saturated rings. The maximum atomic E-state index is 12.7. The summed E-state index contributed by atoms with van der Waals surface area (Å²) in [6.07, 6.45) is 42.3. The Balaban J connectivity index is 4.29. The van der Waals surface area contributed by atoms with Crippen molar-refractivity contribution in [2.24, 2.45) is 0 Å². The molecule has 314 valence electrons. The fourth-order valence-electron chi connectivity index (χ4n) is 6.05. The maximum Gasteiger partial charge on any atom is 0.472 e. The van der Waals surface area contributed by atoms with Gasteiger partial charge in [-0.15, -0.1) is 0 Å². The van der Waals surface area contributed by atoms with E-state index in [1.54, 1.807) is 0 Å². The molecule has 2 unspecified atom stereocenters. The molecule has 0 rings (SSSR count). The molecule has 2 atom stereocenters. The molecule has 0 spiro atoms. The van der Waals surface area contributed by atoms with Crippen molar-refractivity contribution in [3.05, 3.63) is 24.3 Å². The van der Waals surface area contributed by atoms with Gasteiger partial charge in [-0.3, -0.25) is 13.8 Å². The Bertz CT molecular complexity index is 905. The standard InChI is InChI=1S/C44H86NO7P/c1-6-8-10-12-14-16-18-20-22-23-24-25-27-29-31-33-35-37-44(46)52-43(42-51-53(47,48)50-40-38-45(3,4)5)41-49-39-36-34-32-30-28-26-21-19-17-15-13-11-9-7-2/h30-33,43H,6-29,34-42H2,1-5H3/p+1/b32-30-,33-31-. The summed E-state index contributed by atoms with van der Waals surface area (Å²) < 4.78 is 34.9. The zero-order valence-electron chi connectivity index (χ0n) is 35.5. The van der Waals surface area contributed by atoms with Crippen LogP contribution < -0.4 is 0 Å². The van der Waals surface area contributed by atoms with E-state index in [-0.39, 0.29) is 32.2 Å². The summed E-state index contributed by atoms with van der Waals surface area (Å²) in [5, 5.41) is 0. The molecule has 0 aromatic rings. The molecule has 0 bridgehead atoms. The summed E-state index contributed by atoms with van der Waals surface area (Å²) in [5.74, 6) is -0.369. The third-order valence-corrected chi connectivity index (χ3v) is 10.5. The van der Waals surface area contributed by atoms with Gasteiger partial charge >= 0.3 is 13.8 Å². The topological polar surface area (TPSA) is 91.3 Å². The number of allylic oxidation sites excluding steroid dienone is 4. The van der Waals surface area contributed by atoms with Crippen LogP contribution in [0.3, 0.4) is 0 Å². The smallest absolute Gasteiger partial charge is 0.457 e. The average Bonchev–Trinajstić information content (AvgIpc) is 3.11. The summed E-state index contributed by atoms with van der Waals surface area (Å²) in [5.41, 5.74) is 0. The number of hydrogen-bond donors (Lipinski definition) is 1. The van der Waals surface area contributed by atoms with Crippen LogP contribution >= 0.6 is 7.82 Å². The minimum Gasteiger partial charge on any atom is -0.457 e. The third-order valence-electron chi connectivity index (χ3n) is 9.50. The molecule has 0 saturated carbocycles. The van der Waals surface area contributed by atoms with Crippen LogP contribution in [0.4, 0.5) is 0 Å². The predicted molar refractivity (Wildman–Crippen MR) is 224 cm³/mol. The van der Waals surface area contributed by atoms with E-state index in [0.717, 1.165) is 25.7 Å². The lowest BCUT2D eigenvalue weighted by Gasteiger charge is -2.24. The number of likely N-dealkylation sites (N-methyl/N-ethyl adjacent to an activating group) is 1. The number of phosphoric ester groups is 1. The van der Waals surface area contributed by atoms with Crippen molar-refractivity contribution in [1.29, 1.82) is 0 Å². The van der Waals surface area contributed by atoms with Gasteiger partial charge in [-0.1, -0.05) is 167 Å². The number of nitrogens with zero attached hydrogens (tertiary/aromatic N) is 1. The second kappa shape index (κ2) is 37.9. The Morgan fingerprint density at radius 3 is 1.43 bits per heavy atom. The van der Waals surface area contributed by atoms with Gasteiger partial charge in [0.15, 0.2) is 0 Å². The van der Waals surface area contributed by atoms with Crippen LogP contribution in [-0.2, 0) is 27.9 Å². The highest BCUT2D eigenvalue weighted by Crippen LogP contribution is 2.43. The van der Waals surface area contributed by atoms with E-state index < -0.39 is 13.9 Å². The SMILES string of the molecule is CCCCCCCCCCC/C=C\CCCOCC(COP(=O)(O)OCC[N+](C)(C)C)OC(=O)CC/C=C\CCCCCCCCCCCCCCC. The zero-order chi connectivity index (χ0) is 39.1. The van der Waals surface area contributed by atoms with Gasteiger partial charge in [-0.25, -0.2) is 4.57 Å². The number of esters is 1. The van der Waals surface area contributed by atoms with Crippen LogP contribution in [0.2, 0.25) is 0 Å². The number of carbonyl (C=O) groups excluding carboxylic acids is 1. The van der Waals surface area contributed by atoms with Crippen molar-refractivity contribution >= 4 is 13.8 Å². The maximum absolute atomic E-state index is 12.7. The second-order valence-corrected chi connectivity index (χ2v) is 17.5. The van der Waals surface area contributed by atoms with E-state index in [4.69, 9.17) is 18.5 Å². The van der Waals surface area contributed by atoms with Gasteiger partial charge in [0.1, 0.15) is 19.3 Å². The highest BCUT2D eigenvalue weighted by atomic mass is 31.2. The Kier molecular flexibility index (Phi) is 37.2. The molecule has 0 aliphatic heterocycles. The normalized spacial score (nSPS) is 14.0. The first-order valence-corrected chi connectivity index (χ1v) is 23.6. The summed E-state index contributed by atoms with van der Waals surface area (Å²) in [7, 11) is 1.64. The summed E-state index contributed by atoms with van der Waals surface area (Å²) in [6.45, 7) is 5.51. The van der Waals surface area contributed by atoms with Crippen LogP contribution in [-0.4, -0.2) is 75.6 Å². The second-order valence-electron chi connectivity index (χ2n) is 16.1. The summed E-state index contributed by atoms with van der Waals surface area (Å²) >= 11 is 0. The summed E-state index contributed by atoms with van der Waals surface area (Å²) in [4.78, 5) is 22.8. The van der Waals surface area contributed by atoms with Crippen LogP contribution in [0.1, 0.15) is 194 Å². The van der Waals surface area contributed by atoms with Crippen molar-refractivity contribution in [2.45, 2.75) is 200 Å². The fourth-order valence-corrected chi connectivity index (χ4v) is 6.79. The largest absolute Gasteiger partial charge is 0.472 e. The number of phosphoric acid groups is 1. The van der Waals surface area contributed by atoms with E-state index in [1.807, 2.05) is 21.1 Å². The molecule has 0 radical (unpaired) electrons. The van der Waals surface area contributed by atoms with Gasteiger partial charge in [0.25, 0.3) is 0 Å². The van der Waals surface area contributed by atoms with E-state index in [9.17, 15) is 14.3 Å². The molecule has 0 saturated heterocycles. The Morgan fingerprint density at radius 1 is 0.566 bits per heavy atom. The molecule has 0 aliphatic rings. The lowest BCUT2D eigenvalue weighted by atomic mass is 10.0. The molecule has 53 heavy (non-hydrogen) atoms. The van der Waals surface area contributed by atoms with E-state index >= 15 is 0 Å². The fraction of sp³-hybridized carbons (Fsp3) is 0.886. The van der Waals surface area contributed by atoms with E-state index in [2.05, 4.69) is 38.2 Å². The molecule has 0 aliphatic carbocycles. The van der Waals surface area contributed by atoms with Gasteiger partial charge in [0, 0.05) is 13.0 Å². The molecule has 8 nitrogen and oxygen atoms in total. The third kappa shape index (κ3) is 42.0. The lowest BCUT2D eigenvalue weighted by Crippen LogP contribution is -2.37. The van der Waals surface area contributed by atoms with Crippen molar-refractivity contribution < 1.29 is 37.3 Å². The Labute approximate surface area is 328 Å². The molecular weight excluding hydrogens is 685 g/mol. The number of hydrogen-bond acceptors (Lipinski definition) is 6. The molecule has 0 amide bonds. The van der Waals surface area contributed by atoms with Crippen molar-refractivity contribution in [1.82, 2.24) is 0 Å². The number of unbranched alkanes of at least 4 members (excludes halogenated alkanes) is 23. The number of rotatable bonds is 41. The van der Waals surface area contributed by atoms with Crippen molar-refractivity contribution in [3.8, 4) is 0 Å². The van der Waals surface area contributed by atoms with Crippen LogP contribution in [0.5, 0.6) is 0 Å². The minimum atomic E-state index is -4.28. The van der Waals surface area contributed by atoms with E-state index in [1.165, 1.54) is 141 Å². The molecule has 1 N–H and O–H groups in total. The van der Waals surface area contributed by atoms with Crippen LogP contribution in [0.15, 0.2) is 24.3 Å². The van der Waals surface area contributed by atoms with Crippen LogP contribution in [0, 0.1) is 0 Å². The molecular formula is C44H87NO7P+. The first-order valence-electron chi connectivity index (χ1n) is 22.1. The highest BCUT2D eigenvalue weighted by molar-refractivity contribution is 7.47. The van der Waals surface area contributed by atoms with Gasteiger partial charge in [-0.2, -0.15) is 0 Å². The zero-order valence-corrected chi connectivity index (χ0v) is 36.4. The Morgan fingerprint density at radius 2 is 0.981 bits per heavy atom. The van der Waals surface area contributed by atoms with Gasteiger partial charge < -0.3 is 18.9 Å². The monoisotopic (exact) mass is 773 g/mol. The van der Waals surface area contributed by atoms with E-state index in [0.29, 0.717) is 24.1 Å². The molecule has 0 aromatic heterocycles. The van der Waals surface area contributed by atoms with Crippen LogP contribution in [0.25, 0.3) is 0 Å². The molecule has 0 heterocycles. The number of carbonyl (C=O) groups is 1. The quantitative estimate of drug-likeness (QED) is 0.0217. The summed E-state index contributed by atoms with van der Waals surface area (Å²) in [6, 6.07) is 0. The van der Waals surface area contributed by atoms with Gasteiger partial charge in [0.2, 0.25) is 0 Å². The highest BCUT2D eigenvalue weighted by Gasteiger charge is 2.26. The van der Waals surface area contributed by atoms with Crippen molar-refractivity contribution in [3.63, 3.8) is 0 Å². The van der Waals surface area contributed by atoms with Crippen molar-refractivity contribution in [2.75, 3.05) is 54.1 Å². The minimum absolute atomic E-state index is 0.0799. The predicted octanol–water partition coefficient (Wildman–Crippen LogP) is 12.8. The average molecular weight is 773 g/mol. The lowest BCUT2D eigenvalue weighted by molar-refractivity contribution is -0.870.